The van der Waals surface area contributed by atoms with Crippen LogP contribution in [0.25, 0.3) is 0 Å². The van der Waals surface area contributed by atoms with Crippen LogP contribution in [0.1, 0.15) is 32.4 Å². The third-order valence-corrected chi connectivity index (χ3v) is 3.00. The van der Waals surface area contributed by atoms with E-state index in [-0.39, 0.29) is 17.5 Å². The predicted octanol–water partition coefficient (Wildman–Crippen LogP) is 2.91. The average molecular weight is 230 g/mol. The predicted molar refractivity (Wildman–Crippen MR) is 65.8 cm³/mol. The van der Waals surface area contributed by atoms with Gasteiger partial charge < -0.3 is 0 Å². The van der Waals surface area contributed by atoms with Crippen molar-refractivity contribution in [3.8, 4) is 6.07 Å². The van der Waals surface area contributed by atoms with E-state index in [0.29, 0.717) is 6.61 Å². The molecular formula is C14H18N2O. The van der Waals surface area contributed by atoms with E-state index in [1.807, 2.05) is 23.3 Å². The molecule has 3 nitrogen and oxygen atoms in total. The monoisotopic (exact) mass is 230 g/mol. The maximum Gasteiger partial charge on any atom is 0.0936 e. The van der Waals surface area contributed by atoms with Gasteiger partial charge in [0.1, 0.15) is 0 Å². The van der Waals surface area contributed by atoms with Gasteiger partial charge in [-0.3, -0.25) is 4.84 Å². The van der Waals surface area contributed by atoms with Crippen molar-refractivity contribution in [2.75, 3.05) is 6.61 Å². The highest BCUT2D eigenvalue weighted by atomic mass is 16.7. The Kier molecular flexibility index (Phi) is 3.19. The number of benzene rings is 1. The Morgan fingerprint density at radius 1 is 1.29 bits per heavy atom. The molecule has 0 spiro atoms. The van der Waals surface area contributed by atoms with Crippen LogP contribution in [0.3, 0.4) is 0 Å². The second-order valence-corrected chi connectivity index (χ2v) is 5.38. The summed E-state index contributed by atoms with van der Waals surface area (Å²) in [7, 11) is 0. The molecule has 3 heteroatoms. The van der Waals surface area contributed by atoms with Crippen LogP contribution >= 0.6 is 0 Å². The van der Waals surface area contributed by atoms with Gasteiger partial charge >= 0.3 is 0 Å². The number of hydrogen-bond acceptors (Lipinski definition) is 3. The molecule has 0 saturated carbocycles. The Hall–Kier alpha value is -1.37. The van der Waals surface area contributed by atoms with Crippen LogP contribution in [0.5, 0.6) is 0 Å². The fourth-order valence-corrected chi connectivity index (χ4v) is 2.23. The van der Waals surface area contributed by atoms with E-state index in [4.69, 9.17) is 4.84 Å². The minimum absolute atomic E-state index is 0.0289. The normalized spacial score (nSPS) is 25.8. The lowest BCUT2D eigenvalue weighted by Crippen LogP contribution is -2.40. The van der Waals surface area contributed by atoms with E-state index >= 15 is 0 Å². The standard InChI is InChI=1S/C14H18N2O/c1-14(2,3)16-13(12(9-15)10-17-16)11-7-5-4-6-8-11/h4-8,12-13H,10H2,1-3H3/t12-,13+/m1/s1. The first-order valence-electron chi connectivity index (χ1n) is 5.91. The quantitative estimate of drug-likeness (QED) is 0.744. The molecule has 90 valence electrons. The zero-order valence-corrected chi connectivity index (χ0v) is 10.6. The Labute approximate surface area is 103 Å². The van der Waals surface area contributed by atoms with Crippen LogP contribution < -0.4 is 0 Å². The van der Waals surface area contributed by atoms with Gasteiger partial charge in [-0.2, -0.15) is 10.3 Å². The van der Waals surface area contributed by atoms with Crippen LogP contribution in [0, 0.1) is 17.2 Å². The zero-order chi connectivity index (χ0) is 12.5. The van der Waals surface area contributed by atoms with Gasteiger partial charge in [0.2, 0.25) is 0 Å². The summed E-state index contributed by atoms with van der Waals surface area (Å²) >= 11 is 0. The first-order valence-corrected chi connectivity index (χ1v) is 5.91. The maximum atomic E-state index is 9.22. The topological polar surface area (TPSA) is 36.3 Å². The SMILES string of the molecule is CC(C)(C)N1OC[C@@H](C#N)[C@@H]1c1ccccc1. The highest BCUT2D eigenvalue weighted by molar-refractivity contribution is 5.22. The molecule has 0 bridgehead atoms. The van der Waals surface area contributed by atoms with Gasteiger partial charge in [0.05, 0.1) is 24.6 Å². The van der Waals surface area contributed by atoms with Crippen LogP contribution in [0.15, 0.2) is 30.3 Å². The highest BCUT2D eigenvalue weighted by Crippen LogP contribution is 2.39. The Morgan fingerprint density at radius 2 is 1.94 bits per heavy atom. The van der Waals surface area contributed by atoms with Gasteiger partial charge in [0.25, 0.3) is 0 Å². The molecule has 0 radical (unpaired) electrons. The summed E-state index contributed by atoms with van der Waals surface area (Å²) in [6, 6.07) is 12.5. The van der Waals surface area contributed by atoms with E-state index in [1.165, 1.54) is 0 Å². The molecule has 1 aromatic carbocycles. The number of hydroxylamine groups is 2. The van der Waals surface area contributed by atoms with Crippen molar-refractivity contribution in [2.24, 2.45) is 5.92 Å². The molecule has 0 aromatic heterocycles. The van der Waals surface area contributed by atoms with Crippen molar-refractivity contribution in [3.63, 3.8) is 0 Å². The summed E-state index contributed by atoms with van der Waals surface area (Å²) in [5.74, 6) is -0.100. The smallest absolute Gasteiger partial charge is 0.0936 e. The van der Waals surface area contributed by atoms with Crippen molar-refractivity contribution in [2.45, 2.75) is 32.4 Å². The molecule has 1 aromatic rings. The number of rotatable bonds is 1. The van der Waals surface area contributed by atoms with E-state index in [1.54, 1.807) is 0 Å². The fraction of sp³-hybridized carbons (Fsp3) is 0.500. The molecule has 2 rings (SSSR count). The lowest BCUT2D eigenvalue weighted by Gasteiger charge is -2.35. The summed E-state index contributed by atoms with van der Waals surface area (Å²) in [5, 5.41) is 11.2. The number of hydrogen-bond donors (Lipinski definition) is 0. The van der Waals surface area contributed by atoms with Gasteiger partial charge in [-0.25, -0.2) is 0 Å². The molecule has 1 aliphatic rings. The third kappa shape index (κ3) is 2.33. The maximum absolute atomic E-state index is 9.22. The highest BCUT2D eigenvalue weighted by Gasteiger charge is 2.42. The van der Waals surface area contributed by atoms with E-state index in [0.717, 1.165) is 5.56 Å². The molecule has 0 amide bonds. The molecule has 0 unspecified atom stereocenters. The Morgan fingerprint density at radius 3 is 2.47 bits per heavy atom. The van der Waals surface area contributed by atoms with Crippen molar-refractivity contribution >= 4 is 0 Å². The van der Waals surface area contributed by atoms with Gasteiger partial charge in [-0.1, -0.05) is 30.3 Å². The first kappa shape index (κ1) is 12.1. The van der Waals surface area contributed by atoms with Crippen LogP contribution in [0.2, 0.25) is 0 Å². The molecule has 1 aliphatic heterocycles. The summed E-state index contributed by atoms with van der Waals surface area (Å²) < 4.78 is 0. The van der Waals surface area contributed by atoms with E-state index < -0.39 is 0 Å². The zero-order valence-electron chi connectivity index (χ0n) is 10.6. The average Bonchev–Trinajstić information content (AvgIpc) is 2.73. The number of nitriles is 1. The van der Waals surface area contributed by atoms with Crippen molar-refractivity contribution in [1.29, 1.82) is 5.26 Å². The van der Waals surface area contributed by atoms with Gasteiger partial charge in [0, 0.05) is 5.54 Å². The third-order valence-electron chi connectivity index (χ3n) is 3.00. The molecule has 1 saturated heterocycles. The fourth-order valence-electron chi connectivity index (χ4n) is 2.23. The summed E-state index contributed by atoms with van der Waals surface area (Å²) in [5.41, 5.74) is 1.04. The molecule has 17 heavy (non-hydrogen) atoms. The molecule has 1 heterocycles. The van der Waals surface area contributed by atoms with Crippen molar-refractivity contribution in [3.05, 3.63) is 35.9 Å². The van der Waals surface area contributed by atoms with Gasteiger partial charge in [-0.15, -0.1) is 0 Å². The Bertz CT molecular complexity index is 416. The lowest BCUT2D eigenvalue weighted by atomic mass is 9.93. The Balaban J connectivity index is 2.36. The summed E-state index contributed by atoms with van der Waals surface area (Å²) in [6.45, 7) is 6.78. The summed E-state index contributed by atoms with van der Waals surface area (Å²) in [4.78, 5) is 5.70. The first-order chi connectivity index (χ1) is 8.04. The molecule has 0 aliphatic carbocycles. The van der Waals surface area contributed by atoms with Gasteiger partial charge in [-0.05, 0) is 26.3 Å². The molecule has 2 atom stereocenters. The van der Waals surface area contributed by atoms with Crippen molar-refractivity contribution < 1.29 is 4.84 Å². The number of nitrogens with zero attached hydrogens (tertiary/aromatic N) is 2. The van der Waals surface area contributed by atoms with Crippen LogP contribution in [0.4, 0.5) is 0 Å². The molecule has 0 N–H and O–H groups in total. The van der Waals surface area contributed by atoms with Gasteiger partial charge in [0.15, 0.2) is 0 Å². The minimum atomic E-state index is -0.105. The second-order valence-electron chi connectivity index (χ2n) is 5.38. The second kappa shape index (κ2) is 4.48. The minimum Gasteiger partial charge on any atom is -0.296 e. The lowest BCUT2D eigenvalue weighted by molar-refractivity contribution is -0.189. The van der Waals surface area contributed by atoms with E-state index in [9.17, 15) is 5.26 Å². The van der Waals surface area contributed by atoms with Crippen LogP contribution in [-0.4, -0.2) is 17.2 Å². The molecular weight excluding hydrogens is 212 g/mol. The van der Waals surface area contributed by atoms with E-state index in [2.05, 4.69) is 39.0 Å². The van der Waals surface area contributed by atoms with Crippen molar-refractivity contribution in [1.82, 2.24) is 5.06 Å². The van der Waals surface area contributed by atoms with Crippen LogP contribution in [-0.2, 0) is 4.84 Å². The summed E-state index contributed by atoms with van der Waals surface area (Å²) in [6.07, 6.45) is 0. The largest absolute Gasteiger partial charge is 0.296 e. The molecule has 1 fully saturated rings.